The monoisotopic (exact) mass is 304 g/mol. The van der Waals surface area contributed by atoms with Crippen LogP contribution < -0.4 is 15.5 Å². The Kier molecular flexibility index (Phi) is 4.77. The van der Waals surface area contributed by atoms with E-state index in [1.807, 2.05) is 19.1 Å². The summed E-state index contributed by atoms with van der Waals surface area (Å²) in [7, 11) is 0. The molecule has 0 spiro atoms. The summed E-state index contributed by atoms with van der Waals surface area (Å²) >= 11 is 0. The van der Waals surface area contributed by atoms with Crippen LogP contribution in [-0.2, 0) is 4.74 Å². The summed E-state index contributed by atoms with van der Waals surface area (Å²) < 4.78 is 5.61. The Morgan fingerprint density at radius 1 is 1.41 bits per heavy atom. The zero-order chi connectivity index (χ0) is 15.4. The summed E-state index contributed by atoms with van der Waals surface area (Å²) in [5.74, 6) is 0.861. The molecule has 22 heavy (non-hydrogen) atoms. The summed E-state index contributed by atoms with van der Waals surface area (Å²) in [6.45, 7) is 4.78. The summed E-state index contributed by atoms with van der Waals surface area (Å²) in [6.07, 6.45) is 6.33. The van der Waals surface area contributed by atoms with E-state index in [1.165, 1.54) is 12.8 Å². The number of nitrogens with zero attached hydrogens (tertiary/aromatic N) is 2. The molecule has 2 aliphatic heterocycles. The van der Waals surface area contributed by atoms with Crippen LogP contribution in [0.1, 0.15) is 32.6 Å². The molecule has 0 saturated carbocycles. The maximum Gasteiger partial charge on any atom is 0.319 e. The van der Waals surface area contributed by atoms with Gasteiger partial charge in [0.05, 0.1) is 17.8 Å². The number of ether oxygens (including phenoxy) is 1. The second-order valence-electron chi connectivity index (χ2n) is 6.01. The summed E-state index contributed by atoms with van der Waals surface area (Å²) in [5.41, 5.74) is 0.765. The average Bonchev–Trinajstić information content (AvgIpc) is 3.21. The molecule has 2 fully saturated rings. The summed E-state index contributed by atoms with van der Waals surface area (Å²) in [6, 6.07) is 3.56. The van der Waals surface area contributed by atoms with Crippen LogP contribution in [0.25, 0.3) is 0 Å². The van der Waals surface area contributed by atoms with E-state index in [9.17, 15) is 4.79 Å². The van der Waals surface area contributed by atoms with Crippen LogP contribution in [0.2, 0.25) is 0 Å². The second-order valence-corrected chi connectivity index (χ2v) is 6.01. The van der Waals surface area contributed by atoms with Gasteiger partial charge in [-0.1, -0.05) is 0 Å². The van der Waals surface area contributed by atoms with Gasteiger partial charge in [-0.3, -0.25) is 0 Å². The van der Waals surface area contributed by atoms with Gasteiger partial charge in [0.25, 0.3) is 0 Å². The zero-order valence-corrected chi connectivity index (χ0v) is 13.0. The predicted molar refractivity (Wildman–Crippen MR) is 86.3 cm³/mol. The first-order chi connectivity index (χ1) is 10.7. The Hall–Kier alpha value is -1.82. The number of pyridine rings is 1. The highest BCUT2D eigenvalue weighted by molar-refractivity contribution is 5.92. The number of aromatic nitrogens is 1. The first kappa shape index (κ1) is 15.1. The summed E-state index contributed by atoms with van der Waals surface area (Å²) in [5, 5.41) is 5.90. The minimum Gasteiger partial charge on any atom is -0.376 e. The van der Waals surface area contributed by atoms with Crippen molar-refractivity contribution in [2.24, 2.45) is 0 Å². The number of carbonyl (C=O) groups is 1. The Morgan fingerprint density at radius 3 is 2.95 bits per heavy atom. The Balaban J connectivity index is 1.61. The van der Waals surface area contributed by atoms with E-state index in [-0.39, 0.29) is 18.2 Å². The number of anilines is 2. The predicted octanol–water partition coefficient (Wildman–Crippen LogP) is 2.37. The van der Waals surface area contributed by atoms with Crippen molar-refractivity contribution in [3.63, 3.8) is 0 Å². The van der Waals surface area contributed by atoms with Gasteiger partial charge in [0.2, 0.25) is 0 Å². The fourth-order valence-corrected chi connectivity index (χ4v) is 3.13. The molecule has 1 aromatic rings. The smallest absolute Gasteiger partial charge is 0.319 e. The molecular formula is C16H24N4O2. The number of amides is 2. The number of rotatable bonds is 4. The normalized spacial score (nSPS) is 22.6. The molecule has 1 aromatic heterocycles. The first-order valence-corrected chi connectivity index (χ1v) is 8.13. The van der Waals surface area contributed by atoms with E-state index in [4.69, 9.17) is 4.74 Å². The molecule has 0 aliphatic carbocycles. The fourth-order valence-electron chi connectivity index (χ4n) is 3.13. The van der Waals surface area contributed by atoms with Crippen LogP contribution in [0.15, 0.2) is 18.3 Å². The van der Waals surface area contributed by atoms with Crippen LogP contribution in [0.3, 0.4) is 0 Å². The molecular weight excluding hydrogens is 280 g/mol. The second kappa shape index (κ2) is 6.96. The topological polar surface area (TPSA) is 66.5 Å². The van der Waals surface area contributed by atoms with Crippen LogP contribution in [-0.4, -0.2) is 42.9 Å². The number of hydrogen-bond donors (Lipinski definition) is 2. The van der Waals surface area contributed by atoms with Crippen molar-refractivity contribution in [2.75, 3.05) is 29.9 Å². The fraction of sp³-hybridized carbons (Fsp3) is 0.625. The minimum absolute atomic E-state index is 0.00871. The molecule has 0 bridgehead atoms. The molecule has 0 radical (unpaired) electrons. The lowest BCUT2D eigenvalue weighted by atomic mass is 10.1. The third kappa shape index (κ3) is 3.50. The SMILES string of the molecule is C[C@@H](NC(=O)Nc1cccnc1N1CCCC1)[C@@H]1CCCO1. The van der Waals surface area contributed by atoms with Crippen molar-refractivity contribution < 1.29 is 9.53 Å². The molecule has 3 heterocycles. The van der Waals surface area contributed by atoms with Crippen molar-refractivity contribution in [2.45, 2.75) is 44.8 Å². The van der Waals surface area contributed by atoms with Crippen LogP contribution in [0.5, 0.6) is 0 Å². The van der Waals surface area contributed by atoms with Gasteiger partial charge < -0.3 is 20.3 Å². The van der Waals surface area contributed by atoms with E-state index >= 15 is 0 Å². The highest BCUT2D eigenvalue weighted by atomic mass is 16.5. The van der Waals surface area contributed by atoms with Crippen molar-refractivity contribution in [1.29, 1.82) is 0 Å². The van der Waals surface area contributed by atoms with E-state index in [2.05, 4.69) is 20.5 Å². The number of nitrogens with one attached hydrogen (secondary N) is 2. The van der Waals surface area contributed by atoms with Crippen molar-refractivity contribution in [3.8, 4) is 0 Å². The van der Waals surface area contributed by atoms with Gasteiger partial charge in [0, 0.05) is 25.9 Å². The molecule has 2 amide bonds. The van der Waals surface area contributed by atoms with Crippen LogP contribution in [0, 0.1) is 0 Å². The van der Waals surface area contributed by atoms with Crippen LogP contribution >= 0.6 is 0 Å². The Morgan fingerprint density at radius 2 is 2.23 bits per heavy atom. The molecule has 3 rings (SSSR count). The lowest BCUT2D eigenvalue weighted by molar-refractivity contribution is 0.0868. The summed E-state index contributed by atoms with van der Waals surface area (Å²) in [4.78, 5) is 18.9. The lowest BCUT2D eigenvalue weighted by Gasteiger charge is -2.22. The molecule has 2 aliphatic rings. The molecule has 6 nitrogen and oxygen atoms in total. The van der Waals surface area contributed by atoms with Crippen molar-refractivity contribution in [1.82, 2.24) is 10.3 Å². The lowest BCUT2D eigenvalue weighted by Crippen LogP contribution is -2.43. The molecule has 2 atom stereocenters. The van der Waals surface area contributed by atoms with Crippen LogP contribution in [0.4, 0.5) is 16.3 Å². The van der Waals surface area contributed by atoms with E-state index in [1.54, 1.807) is 6.20 Å². The third-order valence-corrected chi connectivity index (χ3v) is 4.32. The van der Waals surface area contributed by atoms with Crippen molar-refractivity contribution in [3.05, 3.63) is 18.3 Å². The number of hydrogen-bond acceptors (Lipinski definition) is 4. The zero-order valence-electron chi connectivity index (χ0n) is 13.0. The maximum absolute atomic E-state index is 12.2. The largest absolute Gasteiger partial charge is 0.376 e. The molecule has 0 unspecified atom stereocenters. The quantitative estimate of drug-likeness (QED) is 0.896. The van der Waals surface area contributed by atoms with Gasteiger partial charge in [0.1, 0.15) is 0 Å². The van der Waals surface area contributed by atoms with Gasteiger partial charge in [-0.2, -0.15) is 0 Å². The van der Waals surface area contributed by atoms with Gasteiger partial charge in [0.15, 0.2) is 5.82 Å². The van der Waals surface area contributed by atoms with E-state index in [0.717, 1.165) is 44.0 Å². The Labute approximate surface area is 131 Å². The average molecular weight is 304 g/mol. The maximum atomic E-state index is 12.2. The molecule has 0 aromatic carbocycles. The van der Waals surface area contributed by atoms with Gasteiger partial charge in [-0.25, -0.2) is 9.78 Å². The van der Waals surface area contributed by atoms with E-state index < -0.39 is 0 Å². The molecule has 2 saturated heterocycles. The molecule has 6 heteroatoms. The molecule has 120 valence electrons. The Bertz CT molecular complexity index is 511. The number of urea groups is 1. The number of carbonyl (C=O) groups excluding carboxylic acids is 1. The van der Waals surface area contributed by atoms with Gasteiger partial charge in [-0.05, 0) is 44.7 Å². The van der Waals surface area contributed by atoms with E-state index in [0.29, 0.717) is 0 Å². The highest BCUT2D eigenvalue weighted by Gasteiger charge is 2.24. The minimum atomic E-state index is -0.198. The van der Waals surface area contributed by atoms with Crippen molar-refractivity contribution >= 4 is 17.5 Å². The van der Waals surface area contributed by atoms with Gasteiger partial charge >= 0.3 is 6.03 Å². The molecule has 2 N–H and O–H groups in total. The first-order valence-electron chi connectivity index (χ1n) is 8.13. The van der Waals surface area contributed by atoms with Gasteiger partial charge in [-0.15, -0.1) is 0 Å². The standard InChI is InChI=1S/C16H24N4O2/c1-12(14-7-5-11-22-14)18-16(21)19-13-6-4-8-17-15(13)20-9-2-3-10-20/h4,6,8,12,14H,2-3,5,7,9-11H2,1H3,(H2,18,19,21)/t12-,14+/m1/s1. The highest BCUT2D eigenvalue weighted by Crippen LogP contribution is 2.26. The third-order valence-electron chi connectivity index (χ3n) is 4.32.